The van der Waals surface area contributed by atoms with E-state index in [1.807, 2.05) is 11.8 Å². The van der Waals surface area contributed by atoms with Gasteiger partial charge in [-0.1, -0.05) is 12.8 Å². The minimum atomic E-state index is 0.110. The zero-order valence-corrected chi connectivity index (χ0v) is 14.5. The first-order valence-electron chi connectivity index (χ1n) is 9.12. The third-order valence-electron chi connectivity index (χ3n) is 5.23. The summed E-state index contributed by atoms with van der Waals surface area (Å²) in [7, 11) is 0. The molecule has 3 heterocycles. The van der Waals surface area contributed by atoms with Gasteiger partial charge in [0.05, 0.1) is 17.8 Å². The van der Waals surface area contributed by atoms with Crippen LogP contribution >= 0.6 is 0 Å². The van der Waals surface area contributed by atoms with E-state index in [0.717, 1.165) is 37.9 Å². The molecule has 0 spiro atoms. The van der Waals surface area contributed by atoms with E-state index in [2.05, 4.69) is 20.2 Å². The fourth-order valence-corrected chi connectivity index (χ4v) is 3.82. The molecule has 4 rings (SSSR count). The van der Waals surface area contributed by atoms with Gasteiger partial charge in [0.2, 0.25) is 11.8 Å². The molecule has 2 aromatic rings. The number of aryl methyl sites for hydroxylation is 1. The van der Waals surface area contributed by atoms with Crippen molar-refractivity contribution in [2.45, 2.75) is 51.4 Å². The molecule has 2 fully saturated rings. The van der Waals surface area contributed by atoms with Gasteiger partial charge < -0.3 is 9.32 Å². The predicted octanol–water partition coefficient (Wildman–Crippen LogP) is 2.73. The highest BCUT2D eigenvalue weighted by atomic mass is 16.4. The molecule has 0 aromatic carbocycles. The van der Waals surface area contributed by atoms with Gasteiger partial charge in [0, 0.05) is 25.2 Å². The van der Waals surface area contributed by atoms with E-state index < -0.39 is 0 Å². The van der Waals surface area contributed by atoms with Crippen molar-refractivity contribution in [1.82, 2.24) is 25.1 Å². The van der Waals surface area contributed by atoms with Gasteiger partial charge >= 0.3 is 0 Å². The van der Waals surface area contributed by atoms with Crippen LogP contribution in [0.4, 0.5) is 0 Å². The number of carbonyl (C=O) groups is 1. The number of nitrogens with zero attached hydrogens (tertiary/aromatic N) is 5. The fraction of sp³-hybridized carbons (Fsp3) is 0.611. The van der Waals surface area contributed by atoms with Crippen LogP contribution in [0.3, 0.4) is 0 Å². The molecule has 132 valence electrons. The van der Waals surface area contributed by atoms with Crippen molar-refractivity contribution in [1.29, 1.82) is 0 Å². The number of piperidine rings is 1. The summed E-state index contributed by atoms with van der Waals surface area (Å²) in [5.74, 6) is 1.63. The van der Waals surface area contributed by atoms with Crippen LogP contribution in [0.15, 0.2) is 16.8 Å². The lowest BCUT2D eigenvalue weighted by atomic mass is 9.96. The number of carbonyl (C=O) groups excluding carboxylic acids is 1. The first-order chi connectivity index (χ1) is 12.2. The topological polar surface area (TPSA) is 85.0 Å². The van der Waals surface area contributed by atoms with Crippen LogP contribution in [0.2, 0.25) is 0 Å². The molecule has 0 N–H and O–H groups in total. The Morgan fingerprint density at radius 1 is 1.12 bits per heavy atom. The molecule has 0 radical (unpaired) electrons. The van der Waals surface area contributed by atoms with E-state index in [0.29, 0.717) is 29.9 Å². The molecule has 25 heavy (non-hydrogen) atoms. The van der Waals surface area contributed by atoms with E-state index in [9.17, 15) is 4.79 Å². The molecule has 0 bridgehead atoms. The average Bonchev–Trinajstić information content (AvgIpc) is 3.34. The first kappa shape index (κ1) is 16.2. The highest BCUT2D eigenvalue weighted by molar-refractivity contribution is 5.79. The van der Waals surface area contributed by atoms with Crippen LogP contribution in [0.1, 0.15) is 56.0 Å². The summed E-state index contributed by atoms with van der Waals surface area (Å²) in [6.07, 6.45) is 9.70. The second kappa shape index (κ2) is 6.90. The third kappa shape index (κ3) is 3.41. The molecule has 1 saturated carbocycles. The number of hydrogen-bond acceptors (Lipinski definition) is 6. The van der Waals surface area contributed by atoms with E-state index in [4.69, 9.17) is 4.42 Å². The van der Waals surface area contributed by atoms with E-state index in [1.54, 1.807) is 12.4 Å². The van der Waals surface area contributed by atoms with Gasteiger partial charge in [-0.15, -0.1) is 10.2 Å². The number of rotatable bonds is 3. The molecule has 1 aliphatic carbocycles. The first-order valence-corrected chi connectivity index (χ1v) is 9.12. The summed E-state index contributed by atoms with van der Waals surface area (Å²) in [5.41, 5.74) is 1.43. The van der Waals surface area contributed by atoms with Gasteiger partial charge in [-0.3, -0.25) is 9.78 Å². The third-order valence-corrected chi connectivity index (χ3v) is 5.23. The van der Waals surface area contributed by atoms with Crippen LogP contribution < -0.4 is 0 Å². The fourth-order valence-electron chi connectivity index (χ4n) is 3.82. The highest BCUT2D eigenvalue weighted by Gasteiger charge is 2.33. The summed E-state index contributed by atoms with van der Waals surface area (Å²) in [6, 6.07) is 0. The maximum Gasteiger partial charge on any atom is 0.267 e. The Morgan fingerprint density at radius 2 is 1.96 bits per heavy atom. The minimum absolute atomic E-state index is 0.110. The van der Waals surface area contributed by atoms with Crippen molar-refractivity contribution in [3.63, 3.8) is 0 Å². The number of likely N-dealkylation sites (tertiary alicyclic amines) is 1. The maximum atomic E-state index is 12.7. The van der Waals surface area contributed by atoms with Crippen molar-refractivity contribution >= 4 is 5.91 Å². The quantitative estimate of drug-likeness (QED) is 0.853. The van der Waals surface area contributed by atoms with Crippen LogP contribution in [0.5, 0.6) is 0 Å². The summed E-state index contributed by atoms with van der Waals surface area (Å²) in [4.78, 5) is 23.2. The zero-order chi connectivity index (χ0) is 17.2. The van der Waals surface area contributed by atoms with Crippen molar-refractivity contribution in [2.24, 2.45) is 5.92 Å². The summed E-state index contributed by atoms with van der Waals surface area (Å²) in [5, 5.41) is 8.32. The van der Waals surface area contributed by atoms with Gasteiger partial charge in [0.25, 0.3) is 5.89 Å². The van der Waals surface area contributed by atoms with Crippen LogP contribution in [0, 0.1) is 12.8 Å². The van der Waals surface area contributed by atoms with Gasteiger partial charge in [-0.25, -0.2) is 4.98 Å². The molecule has 1 saturated heterocycles. The SMILES string of the molecule is Cc1cnc(-c2nnc(C3CCCN(C(=O)C4CCCC4)C3)o2)cn1. The molecule has 2 aromatic heterocycles. The molecular weight excluding hydrogens is 318 g/mol. The standard InChI is InChI=1S/C18H23N5O2/c1-12-9-20-15(10-19-12)17-22-21-16(25-17)14-7-4-8-23(11-14)18(24)13-5-2-3-6-13/h9-10,13-14H,2-8,11H2,1H3. The average molecular weight is 341 g/mol. The van der Waals surface area contributed by atoms with E-state index >= 15 is 0 Å². The molecule has 7 heteroatoms. The van der Waals surface area contributed by atoms with E-state index in [1.165, 1.54) is 12.8 Å². The van der Waals surface area contributed by atoms with Gasteiger partial charge in [0.1, 0.15) is 5.69 Å². The summed E-state index contributed by atoms with van der Waals surface area (Å²) < 4.78 is 5.84. The number of amides is 1. The monoisotopic (exact) mass is 341 g/mol. The molecule has 1 amide bonds. The molecule has 7 nitrogen and oxygen atoms in total. The Kier molecular flexibility index (Phi) is 4.46. The lowest BCUT2D eigenvalue weighted by Crippen LogP contribution is -2.41. The smallest absolute Gasteiger partial charge is 0.267 e. The summed E-state index contributed by atoms with van der Waals surface area (Å²) in [6.45, 7) is 3.40. The Bertz CT molecular complexity index is 736. The van der Waals surface area contributed by atoms with Gasteiger partial charge in [-0.05, 0) is 32.6 Å². The van der Waals surface area contributed by atoms with Crippen molar-refractivity contribution in [2.75, 3.05) is 13.1 Å². The van der Waals surface area contributed by atoms with E-state index in [-0.39, 0.29) is 11.8 Å². The van der Waals surface area contributed by atoms with Crippen LogP contribution in [0.25, 0.3) is 11.6 Å². The zero-order valence-electron chi connectivity index (χ0n) is 14.5. The molecule has 1 atom stereocenters. The minimum Gasteiger partial charge on any atom is -0.419 e. The van der Waals surface area contributed by atoms with Crippen molar-refractivity contribution in [3.05, 3.63) is 24.0 Å². The Labute approximate surface area is 146 Å². The largest absolute Gasteiger partial charge is 0.419 e. The second-order valence-electron chi connectivity index (χ2n) is 7.09. The molecular formula is C18H23N5O2. The lowest BCUT2D eigenvalue weighted by molar-refractivity contribution is -0.136. The Balaban J connectivity index is 1.46. The predicted molar refractivity (Wildman–Crippen MR) is 90.6 cm³/mol. The second-order valence-corrected chi connectivity index (χ2v) is 7.09. The Hall–Kier alpha value is -2.31. The lowest BCUT2D eigenvalue weighted by Gasteiger charge is -2.32. The highest BCUT2D eigenvalue weighted by Crippen LogP contribution is 2.31. The molecule has 2 aliphatic rings. The normalized spacial score (nSPS) is 21.6. The summed E-state index contributed by atoms with van der Waals surface area (Å²) >= 11 is 0. The van der Waals surface area contributed by atoms with Gasteiger partial charge in [0.15, 0.2) is 0 Å². The Morgan fingerprint density at radius 3 is 2.72 bits per heavy atom. The number of aromatic nitrogens is 4. The van der Waals surface area contributed by atoms with Crippen molar-refractivity contribution in [3.8, 4) is 11.6 Å². The van der Waals surface area contributed by atoms with Crippen LogP contribution in [-0.4, -0.2) is 44.1 Å². The molecule has 1 unspecified atom stereocenters. The van der Waals surface area contributed by atoms with Crippen molar-refractivity contribution < 1.29 is 9.21 Å². The molecule has 1 aliphatic heterocycles. The van der Waals surface area contributed by atoms with Gasteiger partial charge in [-0.2, -0.15) is 0 Å². The van der Waals surface area contributed by atoms with Crippen LogP contribution in [-0.2, 0) is 4.79 Å². The maximum absolute atomic E-state index is 12.7. The number of hydrogen-bond donors (Lipinski definition) is 0.